The van der Waals surface area contributed by atoms with Gasteiger partial charge in [0, 0.05) is 18.3 Å². The van der Waals surface area contributed by atoms with Gasteiger partial charge in [0.15, 0.2) is 0 Å². The van der Waals surface area contributed by atoms with Gasteiger partial charge in [-0.1, -0.05) is 6.92 Å². The zero-order valence-corrected chi connectivity index (χ0v) is 11.6. The Hall–Kier alpha value is -1.58. The summed E-state index contributed by atoms with van der Waals surface area (Å²) in [5.74, 6) is -0.278. The molecule has 0 spiro atoms. The van der Waals surface area contributed by atoms with Crippen molar-refractivity contribution in [1.29, 1.82) is 0 Å². The quantitative estimate of drug-likeness (QED) is 0.862. The molecule has 104 valence electrons. The maximum absolute atomic E-state index is 13.0. The molecular formula is C15H21FN2O. The summed E-state index contributed by atoms with van der Waals surface area (Å²) in [7, 11) is 0. The van der Waals surface area contributed by atoms with Crippen molar-refractivity contribution in [3.05, 3.63) is 29.6 Å². The van der Waals surface area contributed by atoms with Crippen molar-refractivity contribution < 1.29 is 9.18 Å². The molecule has 1 aliphatic heterocycles. The van der Waals surface area contributed by atoms with E-state index >= 15 is 0 Å². The largest absolute Gasteiger partial charge is 0.322 e. The molecule has 2 rings (SSSR count). The second-order valence-corrected chi connectivity index (χ2v) is 5.14. The maximum Gasteiger partial charge on any atom is 0.322 e. The number of amides is 2. The molecule has 1 aliphatic rings. The average Bonchev–Trinajstić information content (AvgIpc) is 2.41. The van der Waals surface area contributed by atoms with E-state index in [1.54, 1.807) is 13.0 Å². The Kier molecular flexibility index (Phi) is 4.40. The summed E-state index contributed by atoms with van der Waals surface area (Å²) in [4.78, 5) is 14.2. The fourth-order valence-corrected chi connectivity index (χ4v) is 2.65. The number of hydrogen-bond donors (Lipinski definition) is 1. The lowest BCUT2D eigenvalue weighted by Gasteiger charge is -2.35. The molecule has 4 heteroatoms. The average molecular weight is 264 g/mol. The number of nitrogens with one attached hydrogen (secondary N) is 1. The first-order chi connectivity index (χ1) is 9.11. The normalized spacial score (nSPS) is 19.3. The van der Waals surface area contributed by atoms with Crippen molar-refractivity contribution in [3.63, 3.8) is 0 Å². The van der Waals surface area contributed by atoms with Crippen LogP contribution in [0, 0.1) is 12.7 Å². The summed E-state index contributed by atoms with van der Waals surface area (Å²) >= 11 is 0. The molecular weight excluding hydrogens is 243 g/mol. The van der Waals surface area contributed by atoms with Gasteiger partial charge in [-0.05, 0) is 56.4 Å². The van der Waals surface area contributed by atoms with Crippen LogP contribution in [0.15, 0.2) is 18.2 Å². The van der Waals surface area contributed by atoms with E-state index in [1.165, 1.54) is 18.6 Å². The van der Waals surface area contributed by atoms with Crippen molar-refractivity contribution >= 4 is 11.7 Å². The third-order valence-electron chi connectivity index (χ3n) is 3.79. The zero-order valence-electron chi connectivity index (χ0n) is 11.6. The lowest BCUT2D eigenvalue weighted by Crippen LogP contribution is -2.45. The van der Waals surface area contributed by atoms with E-state index in [0.717, 1.165) is 31.4 Å². The van der Waals surface area contributed by atoms with Crippen LogP contribution in [0.4, 0.5) is 14.9 Å². The van der Waals surface area contributed by atoms with Gasteiger partial charge in [0.1, 0.15) is 5.82 Å². The van der Waals surface area contributed by atoms with Crippen LogP contribution in [0.25, 0.3) is 0 Å². The van der Waals surface area contributed by atoms with Crippen LogP contribution in [0.3, 0.4) is 0 Å². The van der Waals surface area contributed by atoms with Crippen molar-refractivity contribution in [2.24, 2.45) is 0 Å². The number of likely N-dealkylation sites (tertiary alicyclic amines) is 1. The van der Waals surface area contributed by atoms with E-state index in [9.17, 15) is 9.18 Å². The van der Waals surface area contributed by atoms with Gasteiger partial charge in [-0.2, -0.15) is 0 Å². The van der Waals surface area contributed by atoms with Crippen molar-refractivity contribution in [2.45, 2.75) is 45.6 Å². The summed E-state index contributed by atoms with van der Waals surface area (Å²) in [6, 6.07) is 4.68. The van der Waals surface area contributed by atoms with Gasteiger partial charge in [0.25, 0.3) is 0 Å². The highest BCUT2D eigenvalue weighted by molar-refractivity contribution is 5.90. The minimum Gasteiger partial charge on any atom is -0.322 e. The monoisotopic (exact) mass is 264 g/mol. The number of halogens is 1. The molecule has 1 heterocycles. The Labute approximate surface area is 113 Å². The van der Waals surface area contributed by atoms with Crippen LogP contribution < -0.4 is 5.32 Å². The van der Waals surface area contributed by atoms with Crippen LogP contribution in [0.2, 0.25) is 0 Å². The standard InChI is InChI=1S/C15H21FN2O/c1-3-13-6-4-5-9-18(13)15(19)17-14-8-7-12(16)10-11(14)2/h7-8,10,13H,3-6,9H2,1-2H3,(H,17,19). The van der Waals surface area contributed by atoms with Gasteiger partial charge in [-0.3, -0.25) is 0 Å². The fraction of sp³-hybridized carbons (Fsp3) is 0.533. The third-order valence-corrected chi connectivity index (χ3v) is 3.79. The summed E-state index contributed by atoms with van der Waals surface area (Å²) < 4.78 is 13.0. The van der Waals surface area contributed by atoms with Crippen LogP contribution >= 0.6 is 0 Å². The molecule has 1 saturated heterocycles. The van der Waals surface area contributed by atoms with E-state index in [1.807, 2.05) is 4.90 Å². The molecule has 19 heavy (non-hydrogen) atoms. The predicted molar refractivity (Wildman–Crippen MR) is 74.8 cm³/mol. The molecule has 1 atom stereocenters. The number of benzene rings is 1. The van der Waals surface area contributed by atoms with Crippen LogP contribution in [-0.2, 0) is 0 Å². The molecule has 0 radical (unpaired) electrons. The molecule has 0 aliphatic carbocycles. The summed E-state index contributed by atoms with van der Waals surface area (Å²) in [6.45, 7) is 4.72. The fourth-order valence-electron chi connectivity index (χ4n) is 2.65. The highest BCUT2D eigenvalue weighted by Gasteiger charge is 2.25. The van der Waals surface area contributed by atoms with Gasteiger partial charge in [-0.15, -0.1) is 0 Å². The second-order valence-electron chi connectivity index (χ2n) is 5.14. The van der Waals surface area contributed by atoms with Crippen LogP contribution in [0.1, 0.15) is 38.2 Å². The molecule has 0 aromatic heterocycles. The molecule has 0 saturated carbocycles. The van der Waals surface area contributed by atoms with Gasteiger partial charge in [0.2, 0.25) is 0 Å². The van der Waals surface area contributed by atoms with Crippen LogP contribution in [-0.4, -0.2) is 23.5 Å². The number of hydrogen-bond acceptors (Lipinski definition) is 1. The van der Waals surface area contributed by atoms with E-state index in [0.29, 0.717) is 11.7 Å². The second kappa shape index (κ2) is 6.04. The number of carbonyl (C=O) groups excluding carboxylic acids is 1. The number of urea groups is 1. The van der Waals surface area contributed by atoms with Gasteiger partial charge in [-0.25, -0.2) is 9.18 Å². The molecule has 1 aromatic carbocycles. The Morgan fingerprint density at radius 3 is 2.95 bits per heavy atom. The van der Waals surface area contributed by atoms with Crippen molar-refractivity contribution in [3.8, 4) is 0 Å². The Bertz CT molecular complexity index is 461. The topological polar surface area (TPSA) is 32.3 Å². The van der Waals surface area contributed by atoms with E-state index in [2.05, 4.69) is 12.2 Å². The first-order valence-corrected chi connectivity index (χ1v) is 6.95. The SMILES string of the molecule is CCC1CCCCN1C(=O)Nc1ccc(F)cc1C. The van der Waals surface area contributed by atoms with E-state index < -0.39 is 0 Å². The smallest absolute Gasteiger partial charge is 0.322 e. The lowest BCUT2D eigenvalue weighted by molar-refractivity contribution is 0.160. The van der Waals surface area contributed by atoms with Gasteiger partial charge >= 0.3 is 6.03 Å². The molecule has 0 bridgehead atoms. The summed E-state index contributed by atoms with van der Waals surface area (Å²) in [5, 5.41) is 2.89. The molecule has 2 amide bonds. The Morgan fingerprint density at radius 2 is 2.26 bits per heavy atom. The predicted octanol–water partition coefficient (Wildman–Crippen LogP) is 3.93. The molecule has 1 aromatic rings. The molecule has 1 unspecified atom stereocenters. The first kappa shape index (κ1) is 13.8. The highest BCUT2D eigenvalue weighted by Crippen LogP contribution is 2.22. The van der Waals surface area contributed by atoms with Crippen molar-refractivity contribution in [2.75, 3.05) is 11.9 Å². The highest BCUT2D eigenvalue weighted by atomic mass is 19.1. The Balaban J connectivity index is 2.07. The molecule has 1 N–H and O–H groups in total. The zero-order chi connectivity index (χ0) is 13.8. The number of aryl methyl sites for hydroxylation is 1. The summed E-state index contributed by atoms with van der Waals surface area (Å²) in [5.41, 5.74) is 1.44. The first-order valence-electron chi connectivity index (χ1n) is 6.95. The number of nitrogens with zero attached hydrogens (tertiary/aromatic N) is 1. The lowest BCUT2D eigenvalue weighted by atomic mass is 10.0. The number of piperidine rings is 1. The van der Waals surface area contributed by atoms with E-state index in [4.69, 9.17) is 0 Å². The van der Waals surface area contributed by atoms with Crippen LogP contribution in [0.5, 0.6) is 0 Å². The third kappa shape index (κ3) is 3.25. The minimum atomic E-state index is -0.278. The minimum absolute atomic E-state index is 0.0683. The van der Waals surface area contributed by atoms with E-state index in [-0.39, 0.29) is 11.8 Å². The number of anilines is 1. The van der Waals surface area contributed by atoms with Crippen molar-refractivity contribution in [1.82, 2.24) is 4.90 Å². The summed E-state index contributed by atoms with van der Waals surface area (Å²) in [6.07, 6.45) is 4.31. The number of carbonyl (C=O) groups is 1. The van der Waals surface area contributed by atoms with Gasteiger partial charge in [0.05, 0.1) is 0 Å². The maximum atomic E-state index is 13.0. The Morgan fingerprint density at radius 1 is 1.47 bits per heavy atom. The molecule has 3 nitrogen and oxygen atoms in total. The van der Waals surface area contributed by atoms with Gasteiger partial charge < -0.3 is 10.2 Å². The number of rotatable bonds is 2. The molecule has 1 fully saturated rings.